The van der Waals surface area contributed by atoms with Crippen LogP contribution in [0.25, 0.3) is 0 Å². The van der Waals surface area contributed by atoms with Crippen LogP contribution < -0.4 is 9.46 Å². The summed E-state index contributed by atoms with van der Waals surface area (Å²) < 4.78 is 43.9. The van der Waals surface area contributed by atoms with Gasteiger partial charge in [-0.05, 0) is 12.1 Å². The van der Waals surface area contributed by atoms with Crippen molar-refractivity contribution in [3.8, 4) is 5.75 Å². The molecule has 0 aliphatic heterocycles. The molecule has 1 aromatic carbocycles. The summed E-state index contributed by atoms with van der Waals surface area (Å²) in [5, 5.41) is -0.0780. The SMILES string of the molecule is COc1cc(NS(=O)(=O)c2cnc[nH]2)ccc1F. The third kappa shape index (κ3) is 2.43. The van der Waals surface area contributed by atoms with Gasteiger partial charge < -0.3 is 9.72 Å². The summed E-state index contributed by atoms with van der Waals surface area (Å²) in [6, 6.07) is 3.67. The molecule has 0 amide bonds. The van der Waals surface area contributed by atoms with Crippen LogP contribution in [0.4, 0.5) is 10.1 Å². The van der Waals surface area contributed by atoms with Crippen molar-refractivity contribution in [1.29, 1.82) is 0 Å². The molecule has 1 aromatic heterocycles. The van der Waals surface area contributed by atoms with E-state index >= 15 is 0 Å². The van der Waals surface area contributed by atoms with Gasteiger partial charge in [0.15, 0.2) is 16.6 Å². The number of halogens is 1. The second-order valence-electron chi connectivity index (χ2n) is 3.37. The Morgan fingerprint density at radius 3 is 2.83 bits per heavy atom. The number of H-pyrrole nitrogens is 1. The number of methoxy groups -OCH3 is 1. The lowest BCUT2D eigenvalue weighted by Gasteiger charge is -2.08. The minimum Gasteiger partial charge on any atom is -0.494 e. The van der Waals surface area contributed by atoms with Crippen LogP contribution in [0.15, 0.2) is 35.7 Å². The number of aromatic nitrogens is 2. The maximum absolute atomic E-state index is 13.2. The Balaban J connectivity index is 2.30. The van der Waals surface area contributed by atoms with Gasteiger partial charge in [-0.2, -0.15) is 8.42 Å². The summed E-state index contributed by atoms with van der Waals surface area (Å²) in [7, 11) is -2.46. The summed E-state index contributed by atoms with van der Waals surface area (Å²) in [5.41, 5.74) is 0.197. The van der Waals surface area contributed by atoms with Crippen molar-refractivity contribution in [2.75, 3.05) is 11.8 Å². The maximum Gasteiger partial charge on any atom is 0.278 e. The van der Waals surface area contributed by atoms with Gasteiger partial charge in [0.25, 0.3) is 10.0 Å². The van der Waals surface area contributed by atoms with Crippen LogP contribution in [0, 0.1) is 5.82 Å². The van der Waals surface area contributed by atoms with Gasteiger partial charge in [0.1, 0.15) is 0 Å². The summed E-state index contributed by atoms with van der Waals surface area (Å²) in [5.74, 6) is -0.609. The number of ether oxygens (including phenoxy) is 1. The van der Waals surface area contributed by atoms with E-state index in [1.54, 1.807) is 0 Å². The molecule has 2 N–H and O–H groups in total. The number of hydrogen-bond acceptors (Lipinski definition) is 4. The Morgan fingerprint density at radius 1 is 1.44 bits per heavy atom. The van der Waals surface area contributed by atoms with Crippen LogP contribution in [-0.4, -0.2) is 25.5 Å². The van der Waals surface area contributed by atoms with Gasteiger partial charge in [0.05, 0.1) is 25.3 Å². The van der Waals surface area contributed by atoms with Crippen LogP contribution in [0.1, 0.15) is 0 Å². The Labute approximate surface area is 103 Å². The van der Waals surface area contributed by atoms with E-state index in [4.69, 9.17) is 4.74 Å². The van der Waals surface area contributed by atoms with Crippen molar-refractivity contribution in [3.05, 3.63) is 36.5 Å². The first kappa shape index (κ1) is 12.4. The highest BCUT2D eigenvalue weighted by Crippen LogP contribution is 2.23. The van der Waals surface area contributed by atoms with Crippen molar-refractivity contribution in [2.24, 2.45) is 0 Å². The molecule has 0 aliphatic rings. The Bertz CT molecular complexity index is 640. The molecular weight excluding hydrogens is 261 g/mol. The van der Waals surface area contributed by atoms with E-state index < -0.39 is 15.8 Å². The quantitative estimate of drug-likeness (QED) is 0.879. The molecule has 8 heteroatoms. The molecule has 6 nitrogen and oxygen atoms in total. The number of imidazole rings is 1. The highest BCUT2D eigenvalue weighted by Gasteiger charge is 2.16. The number of nitrogens with one attached hydrogen (secondary N) is 2. The predicted octanol–water partition coefficient (Wildman–Crippen LogP) is 1.36. The minimum absolute atomic E-state index is 0.0418. The van der Waals surface area contributed by atoms with Crippen LogP contribution in [-0.2, 0) is 10.0 Å². The number of anilines is 1. The third-order valence-corrected chi connectivity index (χ3v) is 3.47. The standard InChI is InChI=1S/C10H10FN3O3S/c1-17-9-4-7(2-3-8(9)11)14-18(15,16)10-5-12-6-13-10/h2-6,14H,1H3,(H,12,13). The second kappa shape index (κ2) is 4.65. The number of aromatic amines is 1. The zero-order valence-corrected chi connectivity index (χ0v) is 10.2. The Hall–Kier alpha value is -2.09. The zero-order valence-electron chi connectivity index (χ0n) is 9.34. The minimum atomic E-state index is -3.75. The van der Waals surface area contributed by atoms with Gasteiger partial charge in [0, 0.05) is 6.07 Å². The Kier molecular flexibility index (Phi) is 3.19. The van der Waals surface area contributed by atoms with Crippen molar-refractivity contribution in [3.63, 3.8) is 0 Å². The van der Waals surface area contributed by atoms with Crippen molar-refractivity contribution < 1.29 is 17.5 Å². The first-order chi connectivity index (χ1) is 8.53. The lowest BCUT2D eigenvalue weighted by atomic mass is 10.3. The molecule has 96 valence electrons. The summed E-state index contributed by atoms with van der Waals surface area (Å²) in [6.07, 6.45) is 2.42. The number of nitrogens with zero attached hydrogens (tertiary/aromatic N) is 1. The molecule has 0 aliphatic carbocycles. The fourth-order valence-electron chi connectivity index (χ4n) is 1.32. The van der Waals surface area contributed by atoms with Crippen LogP contribution in [0.3, 0.4) is 0 Å². The van der Waals surface area contributed by atoms with Gasteiger partial charge in [-0.25, -0.2) is 9.37 Å². The molecule has 0 bridgehead atoms. The smallest absolute Gasteiger partial charge is 0.278 e. The molecule has 0 spiro atoms. The van der Waals surface area contributed by atoms with Crippen molar-refractivity contribution in [1.82, 2.24) is 9.97 Å². The molecule has 2 rings (SSSR count). The van der Waals surface area contributed by atoms with Gasteiger partial charge >= 0.3 is 0 Å². The fourth-order valence-corrected chi connectivity index (χ4v) is 2.28. The summed E-state index contributed by atoms with van der Waals surface area (Å²) in [4.78, 5) is 6.09. The van der Waals surface area contributed by atoms with Gasteiger partial charge in [-0.1, -0.05) is 0 Å². The fraction of sp³-hybridized carbons (Fsp3) is 0.100. The third-order valence-electron chi connectivity index (χ3n) is 2.17. The van der Waals surface area contributed by atoms with E-state index in [1.165, 1.54) is 31.8 Å². The number of sulfonamides is 1. The van der Waals surface area contributed by atoms with Crippen LogP contribution in [0.5, 0.6) is 5.75 Å². The van der Waals surface area contributed by atoms with Crippen molar-refractivity contribution >= 4 is 15.7 Å². The average Bonchev–Trinajstić information content (AvgIpc) is 2.85. The van der Waals surface area contributed by atoms with Gasteiger partial charge in [-0.3, -0.25) is 4.72 Å². The molecule has 18 heavy (non-hydrogen) atoms. The molecule has 1 heterocycles. The maximum atomic E-state index is 13.2. The van der Waals surface area contributed by atoms with E-state index in [0.29, 0.717) is 0 Å². The number of hydrogen-bond donors (Lipinski definition) is 2. The monoisotopic (exact) mass is 271 g/mol. The molecule has 0 radical (unpaired) electrons. The summed E-state index contributed by atoms with van der Waals surface area (Å²) >= 11 is 0. The highest BCUT2D eigenvalue weighted by atomic mass is 32.2. The molecule has 0 atom stereocenters. The second-order valence-corrected chi connectivity index (χ2v) is 5.02. The largest absolute Gasteiger partial charge is 0.494 e. The van der Waals surface area contributed by atoms with Gasteiger partial charge in [-0.15, -0.1) is 0 Å². The van der Waals surface area contributed by atoms with E-state index in [1.807, 2.05) is 0 Å². The molecule has 0 saturated heterocycles. The highest BCUT2D eigenvalue weighted by molar-refractivity contribution is 7.92. The van der Waals surface area contributed by atoms with Crippen LogP contribution in [0.2, 0.25) is 0 Å². The lowest BCUT2D eigenvalue weighted by Crippen LogP contribution is -2.13. The molecule has 2 aromatic rings. The first-order valence-corrected chi connectivity index (χ1v) is 6.36. The van der Waals surface area contributed by atoms with Gasteiger partial charge in [0.2, 0.25) is 0 Å². The zero-order chi connectivity index (χ0) is 13.2. The lowest BCUT2D eigenvalue weighted by molar-refractivity contribution is 0.387. The van der Waals surface area contributed by atoms with E-state index in [0.717, 1.165) is 6.07 Å². The van der Waals surface area contributed by atoms with E-state index in [2.05, 4.69) is 14.7 Å². The number of benzene rings is 1. The first-order valence-electron chi connectivity index (χ1n) is 4.87. The molecule has 0 fully saturated rings. The average molecular weight is 271 g/mol. The summed E-state index contributed by atoms with van der Waals surface area (Å²) in [6.45, 7) is 0. The number of rotatable bonds is 4. The van der Waals surface area contributed by atoms with Crippen LogP contribution >= 0.6 is 0 Å². The van der Waals surface area contributed by atoms with E-state index in [9.17, 15) is 12.8 Å². The van der Waals surface area contributed by atoms with E-state index in [-0.39, 0.29) is 16.5 Å². The van der Waals surface area contributed by atoms with Crippen molar-refractivity contribution in [2.45, 2.75) is 5.03 Å². The molecule has 0 unspecified atom stereocenters. The Morgan fingerprint density at radius 2 is 2.22 bits per heavy atom. The molecular formula is C10H10FN3O3S. The predicted molar refractivity (Wildman–Crippen MR) is 62.3 cm³/mol. The molecule has 0 saturated carbocycles. The topological polar surface area (TPSA) is 84.1 Å². The normalized spacial score (nSPS) is 11.2.